The van der Waals surface area contributed by atoms with Crippen LogP contribution in [0.3, 0.4) is 0 Å². The largest absolute Gasteiger partial charge is 0.363 e. The molecule has 1 aliphatic rings. The van der Waals surface area contributed by atoms with Gasteiger partial charge >= 0.3 is 0 Å². The van der Waals surface area contributed by atoms with Crippen molar-refractivity contribution < 1.29 is 4.79 Å². The average molecular weight is 249 g/mol. The van der Waals surface area contributed by atoms with Crippen molar-refractivity contribution in [3.05, 3.63) is 12.4 Å². The normalized spacial score (nSPS) is 18.8. The van der Waals surface area contributed by atoms with Crippen LogP contribution < -0.4 is 15.1 Å². The molecule has 2 heterocycles. The zero-order valence-electron chi connectivity index (χ0n) is 11.1. The van der Waals surface area contributed by atoms with Gasteiger partial charge in [0.2, 0.25) is 5.91 Å². The number of carbonyl (C=O) groups excluding carboxylic acids is 1. The van der Waals surface area contributed by atoms with Gasteiger partial charge in [-0.25, -0.2) is 9.97 Å². The number of rotatable bonds is 3. The number of hydrogen-bond donors (Lipinski definition) is 1. The summed E-state index contributed by atoms with van der Waals surface area (Å²) in [6.07, 6.45) is 2.44. The molecule has 98 valence electrons. The van der Waals surface area contributed by atoms with Crippen LogP contribution in [0.2, 0.25) is 0 Å². The Kier molecular flexibility index (Phi) is 3.64. The zero-order chi connectivity index (χ0) is 13.1. The van der Waals surface area contributed by atoms with Crippen molar-refractivity contribution in [3.63, 3.8) is 0 Å². The van der Waals surface area contributed by atoms with E-state index in [1.807, 2.05) is 25.1 Å². The quantitative estimate of drug-likeness (QED) is 0.824. The summed E-state index contributed by atoms with van der Waals surface area (Å²) < 4.78 is 0. The summed E-state index contributed by atoms with van der Waals surface area (Å²) in [5.74, 6) is 1.94. The van der Waals surface area contributed by atoms with Crippen LogP contribution in [-0.4, -0.2) is 50.1 Å². The second-order valence-corrected chi connectivity index (χ2v) is 4.67. The first-order valence-corrected chi connectivity index (χ1v) is 6.07. The number of nitrogens with one attached hydrogen (secondary N) is 1. The van der Waals surface area contributed by atoms with Crippen LogP contribution >= 0.6 is 0 Å². The van der Waals surface area contributed by atoms with Crippen molar-refractivity contribution in [3.8, 4) is 0 Å². The smallest absolute Gasteiger partial charge is 0.224 e. The second kappa shape index (κ2) is 5.20. The molecular formula is C12H19N5O. The van der Waals surface area contributed by atoms with Gasteiger partial charge in [0.15, 0.2) is 0 Å². The third-order valence-electron chi connectivity index (χ3n) is 3.23. The Labute approximate surface area is 107 Å². The number of aromatic nitrogens is 2. The Hall–Kier alpha value is -1.85. The molecule has 1 fully saturated rings. The molecule has 0 saturated carbocycles. The zero-order valence-corrected chi connectivity index (χ0v) is 11.1. The highest BCUT2D eigenvalue weighted by molar-refractivity contribution is 5.79. The predicted molar refractivity (Wildman–Crippen MR) is 70.7 cm³/mol. The molecule has 1 aliphatic heterocycles. The van der Waals surface area contributed by atoms with Crippen molar-refractivity contribution in [1.29, 1.82) is 0 Å². The van der Waals surface area contributed by atoms with E-state index in [1.165, 1.54) is 0 Å². The molecule has 1 aromatic rings. The van der Waals surface area contributed by atoms with Gasteiger partial charge in [-0.1, -0.05) is 0 Å². The minimum absolute atomic E-state index is 0.0628. The molecular weight excluding hydrogens is 230 g/mol. The van der Waals surface area contributed by atoms with Gasteiger partial charge in [-0.15, -0.1) is 0 Å². The lowest BCUT2D eigenvalue weighted by atomic mass is 10.1. The van der Waals surface area contributed by atoms with Crippen LogP contribution in [0.15, 0.2) is 12.4 Å². The first kappa shape index (κ1) is 12.6. The monoisotopic (exact) mass is 249 g/mol. The van der Waals surface area contributed by atoms with Gasteiger partial charge in [-0.2, -0.15) is 0 Å². The Morgan fingerprint density at radius 2 is 2.28 bits per heavy atom. The van der Waals surface area contributed by atoms with Crippen LogP contribution in [-0.2, 0) is 4.79 Å². The lowest BCUT2D eigenvalue weighted by Gasteiger charge is -2.19. The number of carbonyl (C=O) groups is 1. The molecule has 1 aromatic heterocycles. The molecule has 0 aromatic carbocycles. The lowest BCUT2D eigenvalue weighted by Crippen LogP contribution is -2.30. The minimum atomic E-state index is 0.0628. The molecule has 6 nitrogen and oxygen atoms in total. The molecule has 1 N–H and O–H groups in total. The average Bonchev–Trinajstić information content (AvgIpc) is 2.87. The van der Waals surface area contributed by atoms with E-state index in [1.54, 1.807) is 13.4 Å². The highest BCUT2D eigenvalue weighted by atomic mass is 16.1. The summed E-state index contributed by atoms with van der Waals surface area (Å²) in [6, 6.07) is 1.95. The van der Waals surface area contributed by atoms with Gasteiger partial charge in [0, 0.05) is 40.3 Å². The minimum Gasteiger partial charge on any atom is -0.363 e. The standard InChI is InChI=1S/C12H19N5O/c1-13-12(18)9-4-5-17(7-9)11-6-10(16(2)3)14-8-15-11/h6,8-9H,4-5,7H2,1-3H3,(H,13,18). The maximum atomic E-state index is 11.6. The molecule has 18 heavy (non-hydrogen) atoms. The van der Waals surface area contributed by atoms with Crippen molar-refractivity contribution in [2.24, 2.45) is 5.92 Å². The molecule has 0 spiro atoms. The van der Waals surface area contributed by atoms with E-state index in [9.17, 15) is 4.79 Å². The summed E-state index contributed by atoms with van der Waals surface area (Å²) in [7, 11) is 5.58. The van der Waals surface area contributed by atoms with Crippen molar-refractivity contribution in [2.75, 3.05) is 44.0 Å². The summed E-state index contributed by atoms with van der Waals surface area (Å²) in [5, 5.41) is 2.70. The highest BCUT2D eigenvalue weighted by Gasteiger charge is 2.28. The molecule has 2 rings (SSSR count). The first-order chi connectivity index (χ1) is 8.61. The van der Waals surface area contributed by atoms with E-state index in [-0.39, 0.29) is 11.8 Å². The van der Waals surface area contributed by atoms with Gasteiger partial charge in [-0.3, -0.25) is 4.79 Å². The summed E-state index contributed by atoms with van der Waals surface area (Å²) >= 11 is 0. The van der Waals surface area contributed by atoms with Crippen molar-refractivity contribution >= 4 is 17.5 Å². The molecule has 6 heteroatoms. The van der Waals surface area contributed by atoms with Crippen LogP contribution in [0.5, 0.6) is 0 Å². The van der Waals surface area contributed by atoms with Gasteiger partial charge in [0.25, 0.3) is 0 Å². The predicted octanol–water partition coefficient (Wildman–Crippen LogP) is 0.115. The van der Waals surface area contributed by atoms with Crippen LogP contribution in [0.25, 0.3) is 0 Å². The van der Waals surface area contributed by atoms with Gasteiger partial charge < -0.3 is 15.1 Å². The Morgan fingerprint density at radius 1 is 1.50 bits per heavy atom. The Bertz CT molecular complexity index is 434. The fraction of sp³-hybridized carbons (Fsp3) is 0.583. The van der Waals surface area contributed by atoms with Crippen LogP contribution in [0, 0.1) is 5.92 Å². The molecule has 1 amide bonds. The molecule has 0 aliphatic carbocycles. The van der Waals surface area contributed by atoms with Crippen LogP contribution in [0.4, 0.5) is 11.6 Å². The SMILES string of the molecule is CNC(=O)C1CCN(c2cc(N(C)C)ncn2)C1. The van der Waals surface area contributed by atoms with E-state index < -0.39 is 0 Å². The lowest BCUT2D eigenvalue weighted by molar-refractivity contribution is -0.123. The fourth-order valence-electron chi connectivity index (χ4n) is 2.14. The maximum absolute atomic E-state index is 11.6. The Balaban J connectivity index is 2.09. The van der Waals surface area contributed by atoms with Gasteiger partial charge in [-0.05, 0) is 6.42 Å². The van der Waals surface area contributed by atoms with E-state index in [4.69, 9.17) is 0 Å². The maximum Gasteiger partial charge on any atom is 0.224 e. The Morgan fingerprint density at radius 3 is 2.94 bits per heavy atom. The third-order valence-corrected chi connectivity index (χ3v) is 3.23. The first-order valence-electron chi connectivity index (χ1n) is 6.07. The number of hydrogen-bond acceptors (Lipinski definition) is 5. The van der Waals surface area contributed by atoms with E-state index in [0.29, 0.717) is 0 Å². The van der Waals surface area contributed by atoms with Crippen molar-refractivity contribution in [1.82, 2.24) is 15.3 Å². The van der Waals surface area contributed by atoms with Crippen LogP contribution in [0.1, 0.15) is 6.42 Å². The molecule has 0 radical (unpaired) electrons. The topological polar surface area (TPSA) is 61.4 Å². The molecule has 0 bridgehead atoms. The van der Waals surface area contributed by atoms with Crippen molar-refractivity contribution in [2.45, 2.75) is 6.42 Å². The van der Waals surface area contributed by atoms with Gasteiger partial charge in [0.05, 0.1) is 5.92 Å². The molecule has 1 atom stereocenters. The highest BCUT2D eigenvalue weighted by Crippen LogP contribution is 2.23. The number of nitrogens with zero attached hydrogens (tertiary/aromatic N) is 4. The third kappa shape index (κ3) is 2.52. The van der Waals surface area contributed by atoms with Gasteiger partial charge in [0.1, 0.15) is 18.0 Å². The summed E-state index contributed by atoms with van der Waals surface area (Å²) in [5.41, 5.74) is 0. The molecule has 1 unspecified atom stereocenters. The summed E-state index contributed by atoms with van der Waals surface area (Å²) in [4.78, 5) is 24.1. The molecule has 1 saturated heterocycles. The summed E-state index contributed by atoms with van der Waals surface area (Å²) in [6.45, 7) is 1.59. The van der Waals surface area contributed by atoms with E-state index >= 15 is 0 Å². The number of amides is 1. The van der Waals surface area contributed by atoms with E-state index in [2.05, 4.69) is 20.2 Å². The second-order valence-electron chi connectivity index (χ2n) is 4.67. The van der Waals surface area contributed by atoms with E-state index in [0.717, 1.165) is 31.1 Å². The fourth-order valence-corrected chi connectivity index (χ4v) is 2.14. The number of anilines is 2.